The van der Waals surface area contributed by atoms with Crippen LogP contribution in [0.25, 0.3) is 6.08 Å². The molecule has 1 aliphatic heterocycles. The quantitative estimate of drug-likeness (QED) is 0.609. The number of nitro groups is 1. The molecular formula is C11H11NO4. The van der Waals surface area contributed by atoms with Crippen molar-refractivity contribution in [1.29, 1.82) is 0 Å². The maximum Gasteiger partial charge on any atom is 0.269 e. The fourth-order valence-corrected chi connectivity index (χ4v) is 1.57. The van der Waals surface area contributed by atoms with Gasteiger partial charge in [0.15, 0.2) is 6.29 Å². The molecule has 1 heterocycles. The van der Waals surface area contributed by atoms with Crippen molar-refractivity contribution in [3.05, 3.63) is 45.5 Å². The van der Waals surface area contributed by atoms with Crippen LogP contribution in [0.15, 0.2) is 29.8 Å². The second kappa shape index (κ2) is 4.42. The minimum Gasteiger partial charge on any atom is -0.368 e. The largest absolute Gasteiger partial charge is 0.368 e. The van der Waals surface area contributed by atoms with Crippen LogP contribution in [0, 0.1) is 10.1 Å². The van der Waals surface area contributed by atoms with E-state index in [0.717, 1.165) is 11.1 Å². The summed E-state index contributed by atoms with van der Waals surface area (Å²) in [6, 6.07) is 6.27. The van der Waals surface area contributed by atoms with Crippen molar-refractivity contribution < 1.29 is 14.8 Å². The SMILES string of the molecule is O=[N+]([O-])c1ccc(/C=C2\CO[C@H](O)C2)cc1. The van der Waals surface area contributed by atoms with Crippen LogP contribution in [-0.2, 0) is 4.74 Å². The number of aliphatic hydroxyl groups excluding tert-OH is 1. The Morgan fingerprint density at radius 3 is 2.62 bits per heavy atom. The van der Waals surface area contributed by atoms with E-state index >= 15 is 0 Å². The smallest absolute Gasteiger partial charge is 0.269 e. The highest BCUT2D eigenvalue weighted by molar-refractivity contribution is 5.55. The highest BCUT2D eigenvalue weighted by Gasteiger charge is 2.16. The van der Waals surface area contributed by atoms with Crippen LogP contribution in [0.4, 0.5) is 5.69 Å². The highest BCUT2D eigenvalue weighted by atomic mass is 16.6. The van der Waals surface area contributed by atoms with Crippen molar-refractivity contribution >= 4 is 11.8 Å². The maximum atomic E-state index is 10.4. The number of aliphatic hydroxyl groups is 1. The molecule has 0 amide bonds. The highest BCUT2D eigenvalue weighted by Crippen LogP contribution is 2.20. The monoisotopic (exact) mass is 221 g/mol. The molecule has 0 aromatic heterocycles. The van der Waals surface area contributed by atoms with Gasteiger partial charge >= 0.3 is 0 Å². The van der Waals surface area contributed by atoms with E-state index in [1.54, 1.807) is 12.1 Å². The van der Waals surface area contributed by atoms with Crippen LogP contribution in [0.3, 0.4) is 0 Å². The molecule has 5 nitrogen and oxygen atoms in total. The van der Waals surface area contributed by atoms with Gasteiger partial charge in [-0.3, -0.25) is 10.1 Å². The first-order chi connectivity index (χ1) is 7.65. The summed E-state index contributed by atoms with van der Waals surface area (Å²) >= 11 is 0. The first-order valence-corrected chi connectivity index (χ1v) is 4.89. The molecule has 1 aliphatic rings. The Kier molecular flexibility index (Phi) is 2.98. The minimum absolute atomic E-state index is 0.0739. The van der Waals surface area contributed by atoms with Crippen LogP contribution >= 0.6 is 0 Å². The van der Waals surface area contributed by atoms with Gasteiger partial charge in [-0.2, -0.15) is 0 Å². The summed E-state index contributed by atoms with van der Waals surface area (Å²) in [5.74, 6) is 0. The van der Waals surface area contributed by atoms with E-state index in [2.05, 4.69) is 0 Å². The third-order valence-electron chi connectivity index (χ3n) is 2.37. The van der Waals surface area contributed by atoms with Crippen LogP contribution in [0.5, 0.6) is 0 Å². The summed E-state index contributed by atoms with van der Waals surface area (Å²) in [6.07, 6.45) is 1.65. The molecule has 0 unspecified atom stereocenters. The van der Waals surface area contributed by atoms with E-state index < -0.39 is 11.2 Å². The summed E-state index contributed by atoms with van der Waals surface area (Å²) in [7, 11) is 0. The van der Waals surface area contributed by atoms with Gasteiger partial charge in [-0.25, -0.2) is 0 Å². The standard InChI is InChI=1S/C11H11NO4/c13-11-6-9(7-16-11)5-8-1-3-10(4-2-8)12(14)15/h1-5,11,13H,6-7H2/b9-5-/t11-/m0/s1. The van der Waals surface area contributed by atoms with E-state index in [-0.39, 0.29) is 5.69 Å². The van der Waals surface area contributed by atoms with E-state index in [9.17, 15) is 10.1 Å². The average Bonchev–Trinajstić information content (AvgIpc) is 2.65. The Morgan fingerprint density at radius 2 is 2.12 bits per heavy atom. The zero-order chi connectivity index (χ0) is 11.5. The molecular weight excluding hydrogens is 210 g/mol. The Balaban J connectivity index is 2.13. The lowest BCUT2D eigenvalue weighted by atomic mass is 10.1. The molecule has 1 N–H and O–H groups in total. The molecule has 0 radical (unpaired) electrons. The summed E-state index contributed by atoms with van der Waals surface area (Å²) in [5, 5.41) is 19.6. The molecule has 0 aliphatic carbocycles. The fraction of sp³-hybridized carbons (Fsp3) is 0.273. The van der Waals surface area contributed by atoms with E-state index in [1.165, 1.54) is 12.1 Å². The maximum absolute atomic E-state index is 10.4. The number of ether oxygens (including phenoxy) is 1. The second-order valence-electron chi connectivity index (χ2n) is 3.62. The van der Waals surface area contributed by atoms with Crippen LogP contribution in [0.1, 0.15) is 12.0 Å². The van der Waals surface area contributed by atoms with Gasteiger partial charge in [-0.05, 0) is 23.3 Å². The molecule has 1 aromatic rings. The van der Waals surface area contributed by atoms with Crippen LogP contribution in [-0.4, -0.2) is 22.9 Å². The van der Waals surface area contributed by atoms with Gasteiger partial charge in [-0.15, -0.1) is 0 Å². The van der Waals surface area contributed by atoms with Crippen LogP contribution in [0.2, 0.25) is 0 Å². The number of nitrogens with zero attached hydrogens (tertiary/aromatic N) is 1. The molecule has 84 valence electrons. The zero-order valence-electron chi connectivity index (χ0n) is 8.50. The van der Waals surface area contributed by atoms with Crippen molar-refractivity contribution in [2.24, 2.45) is 0 Å². The molecule has 0 bridgehead atoms. The summed E-state index contributed by atoms with van der Waals surface area (Å²) < 4.78 is 4.98. The number of rotatable bonds is 2. The zero-order valence-corrected chi connectivity index (χ0v) is 8.50. The van der Waals surface area contributed by atoms with Gasteiger partial charge in [0, 0.05) is 18.6 Å². The van der Waals surface area contributed by atoms with Crippen molar-refractivity contribution in [3.63, 3.8) is 0 Å². The summed E-state index contributed by atoms with van der Waals surface area (Å²) in [5.41, 5.74) is 1.93. The lowest BCUT2D eigenvalue weighted by Crippen LogP contribution is -1.99. The van der Waals surface area contributed by atoms with E-state index in [1.807, 2.05) is 6.08 Å². The van der Waals surface area contributed by atoms with Gasteiger partial charge in [0.2, 0.25) is 0 Å². The predicted octanol–water partition coefficient (Wildman–Crippen LogP) is 1.72. The lowest BCUT2D eigenvalue weighted by molar-refractivity contribution is -0.384. The van der Waals surface area contributed by atoms with Gasteiger partial charge in [-0.1, -0.05) is 6.08 Å². The molecule has 0 spiro atoms. The second-order valence-corrected chi connectivity index (χ2v) is 3.62. The number of hydrogen-bond donors (Lipinski definition) is 1. The number of benzene rings is 1. The van der Waals surface area contributed by atoms with Crippen molar-refractivity contribution in [2.75, 3.05) is 6.61 Å². The summed E-state index contributed by atoms with van der Waals surface area (Å²) in [4.78, 5) is 10.0. The number of hydrogen-bond acceptors (Lipinski definition) is 4. The van der Waals surface area contributed by atoms with E-state index in [0.29, 0.717) is 13.0 Å². The lowest BCUT2D eigenvalue weighted by Gasteiger charge is -1.96. The molecule has 16 heavy (non-hydrogen) atoms. The Bertz CT molecular complexity index is 424. The minimum atomic E-state index is -0.718. The predicted molar refractivity (Wildman–Crippen MR) is 57.6 cm³/mol. The first-order valence-electron chi connectivity index (χ1n) is 4.89. The van der Waals surface area contributed by atoms with Crippen molar-refractivity contribution in [3.8, 4) is 0 Å². The Labute approximate surface area is 92.1 Å². The molecule has 1 atom stereocenters. The van der Waals surface area contributed by atoms with Crippen molar-refractivity contribution in [2.45, 2.75) is 12.7 Å². The molecule has 1 aromatic carbocycles. The molecule has 1 fully saturated rings. The Hall–Kier alpha value is -1.72. The third kappa shape index (κ3) is 2.44. The molecule has 5 heteroatoms. The van der Waals surface area contributed by atoms with Gasteiger partial charge in [0.25, 0.3) is 5.69 Å². The van der Waals surface area contributed by atoms with Gasteiger partial charge in [0.05, 0.1) is 11.5 Å². The molecule has 0 saturated carbocycles. The Morgan fingerprint density at radius 1 is 1.44 bits per heavy atom. The number of non-ortho nitro benzene ring substituents is 1. The van der Waals surface area contributed by atoms with E-state index in [4.69, 9.17) is 9.84 Å². The average molecular weight is 221 g/mol. The molecule has 1 saturated heterocycles. The first kappa shape index (κ1) is 10.8. The van der Waals surface area contributed by atoms with Gasteiger partial charge < -0.3 is 9.84 Å². The van der Waals surface area contributed by atoms with Crippen molar-refractivity contribution in [1.82, 2.24) is 0 Å². The fourth-order valence-electron chi connectivity index (χ4n) is 1.57. The number of nitro benzene ring substituents is 1. The summed E-state index contributed by atoms with van der Waals surface area (Å²) in [6.45, 7) is 0.415. The molecule has 2 rings (SSSR count). The van der Waals surface area contributed by atoms with Crippen LogP contribution < -0.4 is 0 Å². The normalized spacial score (nSPS) is 22.6. The van der Waals surface area contributed by atoms with Gasteiger partial charge in [0.1, 0.15) is 0 Å². The topological polar surface area (TPSA) is 72.6 Å². The third-order valence-corrected chi connectivity index (χ3v) is 2.37.